The number of aromatic nitrogens is 1. The van der Waals surface area contributed by atoms with Crippen LogP contribution in [0.3, 0.4) is 0 Å². The van der Waals surface area contributed by atoms with Gasteiger partial charge in [-0.3, -0.25) is 4.79 Å². The van der Waals surface area contributed by atoms with Crippen molar-refractivity contribution in [2.24, 2.45) is 0 Å². The molecule has 28 heavy (non-hydrogen) atoms. The first-order chi connectivity index (χ1) is 13.7. The van der Waals surface area contributed by atoms with Gasteiger partial charge >= 0.3 is 5.97 Å². The molecule has 1 N–H and O–H groups in total. The van der Waals surface area contributed by atoms with Crippen LogP contribution in [0.15, 0.2) is 65.2 Å². The molecule has 0 saturated carbocycles. The summed E-state index contributed by atoms with van der Waals surface area (Å²) >= 11 is 0. The summed E-state index contributed by atoms with van der Waals surface area (Å²) in [5.41, 5.74) is 2.51. The zero-order chi connectivity index (χ0) is 19.8. The summed E-state index contributed by atoms with van der Waals surface area (Å²) in [5, 5.41) is 2.89. The number of methoxy groups -OCH3 is 1. The van der Waals surface area contributed by atoms with Crippen molar-refractivity contribution in [1.29, 1.82) is 0 Å². The summed E-state index contributed by atoms with van der Waals surface area (Å²) in [6.45, 7) is 0.525. The van der Waals surface area contributed by atoms with Crippen molar-refractivity contribution in [3.63, 3.8) is 0 Å². The normalized spacial score (nSPS) is 10.5. The molecule has 0 unspecified atom stereocenters. The fraction of sp³-hybridized carbons (Fsp3) is 0.227. The SMILES string of the molecule is COC(=O)c1ccc(CCNC(=O)CCc2ncc(-c3ccccc3)o2)cc1. The van der Waals surface area contributed by atoms with Gasteiger partial charge in [0.05, 0.1) is 18.9 Å². The molecule has 0 spiro atoms. The third-order valence-corrected chi connectivity index (χ3v) is 4.29. The largest absolute Gasteiger partial charge is 0.465 e. The highest BCUT2D eigenvalue weighted by molar-refractivity contribution is 5.89. The van der Waals surface area contributed by atoms with Gasteiger partial charge in [0, 0.05) is 24.9 Å². The number of benzene rings is 2. The van der Waals surface area contributed by atoms with Gasteiger partial charge in [0.1, 0.15) is 0 Å². The first-order valence-electron chi connectivity index (χ1n) is 9.10. The molecule has 0 radical (unpaired) electrons. The number of aryl methyl sites for hydroxylation is 1. The van der Waals surface area contributed by atoms with Crippen LogP contribution in [-0.4, -0.2) is 30.5 Å². The molecule has 0 atom stereocenters. The number of nitrogens with one attached hydrogen (secondary N) is 1. The Morgan fingerprint density at radius 3 is 2.50 bits per heavy atom. The number of esters is 1. The van der Waals surface area contributed by atoms with E-state index in [2.05, 4.69) is 15.0 Å². The Bertz CT molecular complexity index is 917. The van der Waals surface area contributed by atoms with Gasteiger partial charge in [0.15, 0.2) is 11.7 Å². The lowest BCUT2D eigenvalue weighted by molar-refractivity contribution is -0.121. The number of carbonyl (C=O) groups is 2. The quantitative estimate of drug-likeness (QED) is 0.608. The fourth-order valence-corrected chi connectivity index (χ4v) is 2.74. The third-order valence-electron chi connectivity index (χ3n) is 4.29. The van der Waals surface area contributed by atoms with E-state index in [1.807, 2.05) is 42.5 Å². The average molecular weight is 378 g/mol. The lowest BCUT2D eigenvalue weighted by atomic mass is 10.1. The highest BCUT2D eigenvalue weighted by Gasteiger charge is 2.09. The lowest BCUT2D eigenvalue weighted by Crippen LogP contribution is -2.25. The second kappa shape index (κ2) is 9.50. The predicted octanol–water partition coefficient (Wildman–Crippen LogP) is 3.42. The number of oxazole rings is 1. The molecule has 1 heterocycles. The molecule has 3 rings (SSSR count). The number of ether oxygens (including phenoxy) is 1. The van der Waals surface area contributed by atoms with Crippen LogP contribution in [0, 0.1) is 0 Å². The van der Waals surface area contributed by atoms with E-state index < -0.39 is 0 Å². The molecule has 0 bridgehead atoms. The van der Waals surface area contributed by atoms with Gasteiger partial charge in [0.25, 0.3) is 0 Å². The van der Waals surface area contributed by atoms with Crippen LogP contribution >= 0.6 is 0 Å². The summed E-state index contributed by atoms with van der Waals surface area (Å²) in [6.07, 6.45) is 3.13. The highest BCUT2D eigenvalue weighted by Crippen LogP contribution is 2.20. The zero-order valence-corrected chi connectivity index (χ0v) is 15.7. The number of hydrogen-bond donors (Lipinski definition) is 1. The molecular weight excluding hydrogens is 356 g/mol. The van der Waals surface area contributed by atoms with E-state index in [0.29, 0.717) is 43.0 Å². The Balaban J connectivity index is 1.40. The molecule has 0 saturated heterocycles. The summed E-state index contributed by atoms with van der Waals surface area (Å²) in [4.78, 5) is 27.7. The van der Waals surface area contributed by atoms with Crippen molar-refractivity contribution in [2.45, 2.75) is 19.3 Å². The van der Waals surface area contributed by atoms with Gasteiger partial charge in [-0.1, -0.05) is 42.5 Å². The first kappa shape index (κ1) is 19.4. The van der Waals surface area contributed by atoms with Gasteiger partial charge in [-0.2, -0.15) is 0 Å². The van der Waals surface area contributed by atoms with Crippen molar-refractivity contribution >= 4 is 11.9 Å². The van der Waals surface area contributed by atoms with E-state index in [9.17, 15) is 9.59 Å². The van der Waals surface area contributed by atoms with Crippen LogP contribution in [0.4, 0.5) is 0 Å². The van der Waals surface area contributed by atoms with Crippen molar-refractivity contribution in [2.75, 3.05) is 13.7 Å². The Labute approximate surface area is 163 Å². The molecule has 0 aliphatic rings. The second-order valence-corrected chi connectivity index (χ2v) is 6.27. The summed E-state index contributed by atoms with van der Waals surface area (Å²) in [7, 11) is 1.35. The van der Waals surface area contributed by atoms with Crippen LogP contribution in [-0.2, 0) is 22.4 Å². The maximum absolute atomic E-state index is 12.0. The lowest BCUT2D eigenvalue weighted by Gasteiger charge is -2.05. The number of rotatable bonds is 8. The van der Waals surface area contributed by atoms with E-state index >= 15 is 0 Å². The number of nitrogens with zero attached hydrogens (tertiary/aromatic N) is 1. The Kier molecular flexibility index (Phi) is 6.57. The van der Waals surface area contributed by atoms with Gasteiger partial charge in [-0.15, -0.1) is 0 Å². The molecule has 144 valence electrons. The summed E-state index contributed by atoms with van der Waals surface area (Å²) in [6, 6.07) is 16.9. The van der Waals surface area contributed by atoms with Crippen LogP contribution < -0.4 is 5.32 Å². The van der Waals surface area contributed by atoms with E-state index in [0.717, 1.165) is 11.1 Å². The minimum atomic E-state index is -0.359. The number of amides is 1. The van der Waals surface area contributed by atoms with E-state index in [-0.39, 0.29) is 11.9 Å². The smallest absolute Gasteiger partial charge is 0.337 e. The molecule has 6 nitrogen and oxygen atoms in total. The highest BCUT2D eigenvalue weighted by atomic mass is 16.5. The first-order valence-corrected chi connectivity index (χ1v) is 9.10. The molecule has 0 aliphatic carbocycles. The Morgan fingerprint density at radius 2 is 1.79 bits per heavy atom. The van der Waals surface area contributed by atoms with Crippen LogP contribution in [0.25, 0.3) is 11.3 Å². The van der Waals surface area contributed by atoms with Crippen molar-refractivity contribution < 1.29 is 18.7 Å². The summed E-state index contributed by atoms with van der Waals surface area (Å²) < 4.78 is 10.4. The monoisotopic (exact) mass is 378 g/mol. The van der Waals surface area contributed by atoms with E-state index in [4.69, 9.17) is 4.42 Å². The topological polar surface area (TPSA) is 81.4 Å². The van der Waals surface area contributed by atoms with Crippen molar-refractivity contribution in [1.82, 2.24) is 10.3 Å². The van der Waals surface area contributed by atoms with Gasteiger partial charge in [0.2, 0.25) is 5.91 Å². The van der Waals surface area contributed by atoms with Crippen LogP contribution in [0.1, 0.15) is 28.2 Å². The minimum Gasteiger partial charge on any atom is -0.465 e. The predicted molar refractivity (Wildman–Crippen MR) is 105 cm³/mol. The molecule has 1 amide bonds. The molecule has 0 fully saturated rings. The number of hydrogen-bond acceptors (Lipinski definition) is 5. The van der Waals surface area contributed by atoms with Crippen LogP contribution in [0.5, 0.6) is 0 Å². The van der Waals surface area contributed by atoms with Crippen molar-refractivity contribution in [3.8, 4) is 11.3 Å². The Hall–Kier alpha value is -3.41. The zero-order valence-electron chi connectivity index (χ0n) is 15.7. The van der Waals surface area contributed by atoms with Gasteiger partial charge in [-0.05, 0) is 24.1 Å². The van der Waals surface area contributed by atoms with Crippen LogP contribution in [0.2, 0.25) is 0 Å². The summed E-state index contributed by atoms with van der Waals surface area (Å²) in [5.74, 6) is 0.839. The second-order valence-electron chi connectivity index (χ2n) is 6.27. The number of carbonyl (C=O) groups excluding carboxylic acids is 2. The maximum atomic E-state index is 12.0. The Morgan fingerprint density at radius 1 is 1.04 bits per heavy atom. The third kappa shape index (κ3) is 5.30. The standard InChI is InChI=1S/C22H22N2O4/c1-27-22(26)18-9-7-16(8-10-18)13-14-23-20(25)11-12-21-24-15-19(28-21)17-5-3-2-4-6-17/h2-10,15H,11-14H2,1H3,(H,23,25). The molecule has 1 aromatic heterocycles. The molecule has 3 aromatic rings. The van der Waals surface area contributed by atoms with E-state index in [1.54, 1.807) is 18.3 Å². The molecule has 2 aromatic carbocycles. The molecule has 6 heteroatoms. The molecule has 0 aliphatic heterocycles. The maximum Gasteiger partial charge on any atom is 0.337 e. The average Bonchev–Trinajstić information content (AvgIpc) is 3.22. The van der Waals surface area contributed by atoms with Gasteiger partial charge < -0.3 is 14.5 Å². The van der Waals surface area contributed by atoms with Gasteiger partial charge in [-0.25, -0.2) is 9.78 Å². The van der Waals surface area contributed by atoms with E-state index in [1.165, 1.54) is 7.11 Å². The van der Waals surface area contributed by atoms with Crippen molar-refractivity contribution in [3.05, 3.63) is 77.8 Å². The minimum absolute atomic E-state index is 0.0503. The fourth-order valence-electron chi connectivity index (χ4n) is 2.74. The molecular formula is C22H22N2O4.